The Balaban J connectivity index is 1.79. The quantitative estimate of drug-likeness (QED) is 0.499. The van der Waals surface area contributed by atoms with Crippen molar-refractivity contribution in [3.63, 3.8) is 0 Å². The van der Waals surface area contributed by atoms with Gasteiger partial charge in [0.2, 0.25) is 0 Å². The molecular weight excluding hydrogens is 316 g/mol. The van der Waals surface area contributed by atoms with E-state index in [0.717, 1.165) is 11.4 Å². The molecule has 0 aliphatic carbocycles. The standard InChI is InChI=1S/C19H16N4O2/c24-15-7-6-14(10-16(15)25)18-19(21-11-13-4-2-1-3-5-13)23-9-8-20-12-17(23)22-18/h1-10,12,21,24-25H,11H2. The average molecular weight is 332 g/mol. The van der Waals surface area contributed by atoms with Gasteiger partial charge in [-0.15, -0.1) is 0 Å². The highest BCUT2D eigenvalue weighted by Gasteiger charge is 2.15. The fourth-order valence-corrected chi connectivity index (χ4v) is 2.73. The first-order chi connectivity index (χ1) is 12.2. The van der Waals surface area contributed by atoms with Crippen LogP contribution < -0.4 is 5.32 Å². The van der Waals surface area contributed by atoms with E-state index in [1.165, 1.54) is 12.1 Å². The van der Waals surface area contributed by atoms with Crippen molar-refractivity contribution in [1.82, 2.24) is 14.4 Å². The lowest BCUT2D eigenvalue weighted by Crippen LogP contribution is -2.03. The van der Waals surface area contributed by atoms with E-state index in [-0.39, 0.29) is 11.5 Å². The van der Waals surface area contributed by atoms with Crippen molar-refractivity contribution in [2.75, 3.05) is 5.32 Å². The van der Waals surface area contributed by atoms with Crippen molar-refractivity contribution < 1.29 is 10.2 Å². The molecule has 2 aromatic heterocycles. The highest BCUT2D eigenvalue weighted by Crippen LogP contribution is 2.34. The van der Waals surface area contributed by atoms with E-state index in [1.54, 1.807) is 18.5 Å². The first-order valence-electron chi connectivity index (χ1n) is 7.84. The Morgan fingerprint density at radius 3 is 2.64 bits per heavy atom. The van der Waals surface area contributed by atoms with Gasteiger partial charge in [0.25, 0.3) is 0 Å². The van der Waals surface area contributed by atoms with Crippen molar-refractivity contribution in [2.24, 2.45) is 0 Å². The van der Waals surface area contributed by atoms with Gasteiger partial charge in [0, 0.05) is 24.5 Å². The molecule has 4 aromatic rings. The molecule has 2 aromatic carbocycles. The average Bonchev–Trinajstić information content (AvgIpc) is 3.02. The second-order valence-electron chi connectivity index (χ2n) is 5.66. The van der Waals surface area contributed by atoms with Gasteiger partial charge in [-0.2, -0.15) is 0 Å². The van der Waals surface area contributed by atoms with Crippen LogP contribution >= 0.6 is 0 Å². The Hall–Kier alpha value is -3.54. The number of benzene rings is 2. The van der Waals surface area contributed by atoms with Gasteiger partial charge in [-0.25, -0.2) is 4.98 Å². The smallest absolute Gasteiger partial charge is 0.158 e. The maximum absolute atomic E-state index is 9.82. The number of hydrogen-bond acceptors (Lipinski definition) is 5. The van der Waals surface area contributed by atoms with E-state index in [2.05, 4.69) is 15.3 Å². The summed E-state index contributed by atoms with van der Waals surface area (Å²) in [5, 5.41) is 22.8. The molecule has 6 heteroatoms. The predicted molar refractivity (Wildman–Crippen MR) is 95.5 cm³/mol. The number of hydrogen-bond donors (Lipinski definition) is 3. The lowest BCUT2D eigenvalue weighted by molar-refractivity contribution is 0.404. The molecule has 0 bridgehead atoms. The van der Waals surface area contributed by atoms with Crippen molar-refractivity contribution in [2.45, 2.75) is 6.54 Å². The summed E-state index contributed by atoms with van der Waals surface area (Å²) < 4.78 is 1.91. The predicted octanol–water partition coefficient (Wildman–Crippen LogP) is 3.42. The number of rotatable bonds is 4. The second kappa shape index (κ2) is 6.16. The topological polar surface area (TPSA) is 82.7 Å². The molecule has 3 N–H and O–H groups in total. The molecule has 0 spiro atoms. The van der Waals surface area contributed by atoms with E-state index in [9.17, 15) is 10.2 Å². The third kappa shape index (κ3) is 2.85. The van der Waals surface area contributed by atoms with E-state index >= 15 is 0 Å². The number of aromatic hydroxyl groups is 2. The van der Waals surface area contributed by atoms with Crippen LogP contribution in [0, 0.1) is 0 Å². The number of aromatic nitrogens is 3. The van der Waals surface area contributed by atoms with Gasteiger partial charge in [0.1, 0.15) is 11.5 Å². The molecule has 0 fully saturated rings. The monoisotopic (exact) mass is 332 g/mol. The van der Waals surface area contributed by atoms with Gasteiger partial charge < -0.3 is 15.5 Å². The summed E-state index contributed by atoms with van der Waals surface area (Å²) >= 11 is 0. The molecule has 25 heavy (non-hydrogen) atoms. The Morgan fingerprint density at radius 2 is 1.84 bits per heavy atom. The minimum Gasteiger partial charge on any atom is -0.504 e. The number of nitrogens with zero attached hydrogens (tertiary/aromatic N) is 3. The maximum Gasteiger partial charge on any atom is 0.158 e. The van der Waals surface area contributed by atoms with E-state index in [4.69, 9.17) is 0 Å². The fourth-order valence-electron chi connectivity index (χ4n) is 2.73. The molecule has 0 aliphatic rings. The zero-order valence-electron chi connectivity index (χ0n) is 13.3. The molecule has 4 rings (SSSR count). The van der Waals surface area contributed by atoms with E-state index in [1.807, 2.05) is 40.9 Å². The number of nitrogens with one attached hydrogen (secondary N) is 1. The molecule has 0 aliphatic heterocycles. The largest absolute Gasteiger partial charge is 0.504 e. The molecule has 0 unspecified atom stereocenters. The Labute approximate surface area is 144 Å². The van der Waals surface area contributed by atoms with Crippen molar-refractivity contribution in [3.8, 4) is 22.8 Å². The van der Waals surface area contributed by atoms with Crippen molar-refractivity contribution in [1.29, 1.82) is 0 Å². The number of phenolic OH excluding ortho intramolecular Hbond substituents is 2. The SMILES string of the molecule is Oc1ccc(-c2nc3cnccn3c2NCc2ccccc2)cc1O. The van der Waals surface area contributed by atoms with Gasteiger partial charge in [0.05, 0.1) is 6.20 Å². The fraction of sp³-hybridized carbons (Fsp3) is 0.0526. The summed E-state index contributed by atoms with van der Waals surface area (Å²) in [6.45, 7) is 0.633. The molecule has 0 amide bonds. The summed E-state index contributed by atoms with van der Waals surface area (Å²) in [7, 11) is 0. The van der Waals surface area contributed by atoms with Crippen LogP contribution in [0.4, 0.5) is 5.82 Å². The maximum atomic E-state index is 9.82. The number of phenols is 2. The molecule has 6 nitrogen and oxygen atoms in total. The zero-order valence-corrected chi connectivity index (χ0v) is 13.3. The summed E-state index contributed by atoms with van der Waals surface area (Å²) in [5.41, 5.74) is 3.22. The minimum absolute atomic E-state index is 0.159. The van der Waals surface area contributed by atoms with E-state index < -0.39 is 0 Å². The number of fused-ring (bicyclic) bond motifs is 1. The second-order valence-corrected chi connectivity index (χ2v) is 5.66. The lowest BCUT2D eigenvalue weighted by atomic mass is 10.1. The molecule has 2 heterocycles. The molecule has 124 valence electrons. The van der Waals surface area contributed by atoms with Gasteiger partial charge in [-0.1, -0.05) is 30.3 Å². The summed E-state index contributed by atoms with van der Waals surface area (Å²) in [6, 6.07) is 14.7. The highest BCUT2D eigenvalue weighted by atomic mass is 16.3. The zero-order chi connectivity index (χ0) is 17.2. The Bertz CT molecular complexity index is 1030. The first-order valence-corrected chi connectivity index (χ1v) is 7.84. The van der Waals surface area contributed by atoms with Crippen LogP contribution in [-0.4, -0.2) is 24.6 Å². The van der Waals surface area contributed by atoms with Gasteiger partial charge in [-0.05, 0) is 23.8 Å². The van der Waals surface area contributed by atoms with Crippen LogP contribution in [0.25, 0.3) is 16.9 Å². The van der Waals surface area contributed by atoms with Crippen LogP contribution in [0.1, 0.15) is 5.56 Å². The summed E-state index contributed by atoms with van der Waals surface area (Å²) in [5.74, 6) is 0.459. The van der Waals surface area contributed by atoms with E-state index in [0.29, 0.717) is 23.4 Å². The van der Waals surface area contributed by atoms with Gasteiger partial charge >= 0.3 is 0 Å². The third-order valence-corrected chi connectivity index (χ3v) is 3.98. The lowest BCUT2D eigenvalue weighted by Gasteiger charge is -2.09. The van der Waals surface area contributed by atoms with Crippen LogP contribution in [-0.2, 0) is 6.54 Å². The minimum atomic E-state index is -0.179. The van der Waals surface area contributed by atoms with Crippen molar-refractivity contribution >= 4 is 11.5 Å². The molecule has 0 radical (unpaired) electrons. The van der Waals surface area contributed by atoms with Crippen LogP contribution in [0.3, 0.4) is 0 Å². The molecule has 0 atom stereocenters. The molecule has 0 saturated carbocycles. The van der Waals surface area contributed by atoms with Gasteiger partial charge in [-0.3, -0.25) is 9.38 Å². The van der Waals surface area contributed by atoms with Crippen molar-refractivity contribution in [3.05, 3.63) is 72.7 Å². The number of imidazole rings is 1. The Kier molecular flexibility index (Phi) is 3.70. The Morgan fingerprint density at radius 1 is 1.00 bits per heavy atom. The summed E-state index contributed by atoms with van der Waals surface area (Å²) in [4.78, 5) is 8.72. The molecule has 0 saturated heterocycles. The number of anilines is 1. The van der Waals surface area contributed by atoms with Crippen LogP contribution in [0.15, 0.2) is 67.1 Å². The van der Waals surface area contributed by atoms with Crippen LogP contribution in [0.2, 0.25) is 0 Å². The third-order valence-electron chi connectivity index (χ3n) is 3.98. The summed E-state index contributed by atoms with van der Waals surface area (Å²) in [6.07, 6.45) is 5.21. The highest BCUT2D eigenvalue weighted by molar-refractivity contribution is 5.77. The first kappa shape index (κ1) is 15.0. The normalized spacial score (nSPS) is 10.9. The molecular formula is C19H16N4O2. The van der Waals surface area contributed by atoms with Gasteiger partial charge in [0.15, 0.2) is 17.1 Å². The van der Waals surface area contributed by atoms with Crippen LogP contribution in [0.5, 0.6) is 11.5 Å².